The number of hydrogen-bond donors (Lipinski definition) is 0. The van der Waals surface area contributed by atoms with E-state index < -0.39 is 0 Å². The molecule has 0 aliphatic carbocycles. The van der Waals surface area contributed by atoms with Gasteiger partial charge in [0.05, 0.1) is 40.0 Å². The molecule has 4 aromatic rings. The third-order valence-electron chi connectivity index (χ3n) is 5.63. The van der Waals surface area contributed by atoms with Gasteiger partial charge >= 0.3 is 0 Å². The Labute approximate surface area is 186 Å². The summed E-state index contributed by atoms with van der Waals surface area (Å²) in [6.07, 6.45) is 2.09. The maximum atomic E-state index is 12.0. The van der Waals surface area contributed by atoms with Crippen LogP contribution < -0.4 is 0 Å². The summed E-state index contributed by atoms with van der Waals surface area (Å²) in [4.78, 5) is 20.8. The Kier molecular flexibility index (Phi) is 5.41. The fraction of sp³-hybridized carbons (Fsp3) is 0.250. The summed E-state index contributed by atoms with van der Waals surface area (Å²) in [5, 5.41) is 18.2. The van der Waals surface area contributed by atoms with Crippen LogP contribution >= 0.6 is 0 Å². The lowest BCUT2D eigenvalue weighted by Crippen LogP contribution is -2.07. The monoisotopic (exact) mass is 425 g/mol. The molecule has 0 unspecified atom stereocenters. The molecule has 0 amide bonds. The van der Waals surface area contributed by atoms with Crippen molar-refractivity contribution >= 4 is 5.78 Å². The fourth-order valence-corrected chi connectivity index (χ4v) is 4.03. The number of ketones is 1. The summed E-state index contributed by atoms with van der Waals surface area (Å²) in [5.74, 6) is 0.608. The lowest BCUT2D eigenvalue weighted by molar-refractivity contribution is 0.101. The molecule has 0 aliphatic rings. The van der Waals surface area contributed by atoms with E-state index >= 15 is 0 Å². The van der Waals surface area contributed by atoms with E-state index in [-0.39, 0.29) is 5.78 Å². The predicted molar refractivity (Wildman–Crippen MR) is 120 cm³/mol. The molecule has 0 aliphatic heterocycles. The number of hydrogen-bond acceptors (Lipinski definition) is 6. The SMILES string of the molecule is CC(=O)c1c(C)nn(-c2cc(Cc3c(C)c(-c4ccc(C#N)cc4)nn3C)ncn2)c1C. The molecule has 0 N–H and O–H groups in total. The largest absolute Gasteiger partial charge is 0.294 e. The summed E-state index contributed by atoms with van der Waals surface area (Å²) in [6.45, 7) is 7.28. The second-order valence-electron chi connectivity index (χ2n) is 7.79. The zero-order valence-electron chi connectivity index (χ0n) is 18.7. The number of Topliss-reactive ketones (excluding diaryl/α,β-unsaturated/α-hetero) is 1. The van der Waals surface area contributed by atoms with E-state index in [1.165, 1.54) is 6.33 Å². The molecule has 0 radical (unpaired) electrons. The Morgan fingerprint density at radius 2 is 1.81 bits per heavy atom. The summed E-state index contributed by atoms with van der Waals surface area (Å²) in [7, 11) is 1.91. The number of benzene rings is 1. The Morgan fingerprint density at radius 1 is 1.09 bits per heavy atom. The van der Waals surface area contributed by atoms with E-state index in [1.807, 2.05) is 50.7 Å². The number of nitriles is 1. The van der Waals surface area contributed by atoms with Gasteiger partial charge in [0.15, 0.2) is 11.6 Å². The normalized spacial score (nSPS) is 10.9. The van der Waals surface area contributed by atoms with E-state index in [0.29, 0.717) is 29.1 Å². The maximum absolute atomic E-state index is 12.0. The number of aromatic nitrogens is 6. The molecule has 3 heterocycles. The van der Waals surface area contributed by atoms with Crippen molar-refractivity contribution in [1.82, 2.24) is 29.5 Å². The van der Waals surface area contributed by atoms with Crippen molar-refractivity contribution in [3.8, 4) is 23.1 Å². The standard InChI is InChI=1S/C24H23N7O/c1-14-21(30(5)29-24(14)19-8-6-18(12-25)7-9-19)10-20-11-22(27-13-26-20)31-16(3)23(17(4)32)15(2)28-31/h6-9,11,13H,10H2,1-5H3. The molecule has 8 heteroatoms. The summed E-state index contributed by atoms with van der Waals surface area (Å²) in [6, 6.07) is 11.4. The molecule has 0 bridgehead atoms. The van der Waals surface area contributed by atoms with E-state index in [9.17, 15) is 4.79 Å². The molecule has 4 rings (SSSR count). The minimum Gasteiger partial charge on any atom is -0.294 e. The molecule has 3 aromatic heterocycles. The van der Waals surface area contributed by atoms with Gasteiger partial charge in [0.25, 0.3) is 0 Å². The van der Waals surface area contributed by atoms with Crippen molar-refractivity contribution in [3.63, 3.8) is 0 Å². The van der Waals surface area contributed by atoms with Crippen molar-refractivity contribution in [1.29, 1.82) is 5.26 Å². The van der Waals surface area contributed by atoms with Gasteiger partial charge in [-0.1, -0.05) is 12.1 Å². The van der Waals surface area contributed by atoms with Crippen LogP contribution in [0.25, 0.3) is 17.1 Å². The fourth-order valence-electron chi connectivity index (χ4n) is 4.03. The van der Waals surface area contributed by atoms with Crippen LogP contribution in [0.5, 0.6) is 0 Å². The molecule has 0 saturated carbocycles. The molecule has 1 aromatic carbocycles. The molecule has 8 nitrogen and oxygen atoms in total. The van der Waals surface area contributed by atoms with Crippen molar-refractivity contribution in [2.24, 2.45) is 7.05 Å². The molecule has 0 spiro atoms. The van der Waals surface area contributed by atoms with Crippen molar-refractivity contribution in [3.05, 3.63) is 76.1 Å². The predicted octanol–water partition coefficient (Wildman–Crippen LogP) is 3.65. The van der Waals surface area contributed by atoms with Crippen LogP contribution in [0.4, 0.5) is 0 Å². The van der Waals surface area contributed by atoms with Crippen molar-refractivity contribution in [2.45, 2.75) is 34.1 Å². The number of carbonyl (C=O) groups excluding carboxylic acids is 1. The van der Waals surface area contributed by atoms with Crippen LogP contribution in [-0.4, -0.2) is 35.3 Å². The number of carbonyl (C=O) groups is 1. The minimum absolute atomic E-state index is 0.0126. The molecular weight excluding hydrogens is 402 g/mol. The van der Waals surface area contributed by atoms with Gasteiger partial charge in [-0.3, -0.25) is 9.48 Å². The molecular formula is C24H23N7O. The Hall–Kier alpha value is -4.12. The lowest BCUT2D eigenvalue weighted by atomic mass is 10.0. The van der Waals surface area contributed by atoms with Crippen molar-refractivity contribution < 1.29 is 4.79 Å². The Bertz CT molecular complexity index is 1370. The van der Waals surface area contributed by atoms with Gasteiger partial charge in [0, 0.05) is 30.8 Å². The second-order valence-corrected chi connectivity index (χ2v) is 7.79. The van der Waals surface area contributed by atoms with Crippen LogP contribution in [0.15, 0.2) is 36.7 Å². The second kappa shape index (κ2) is 8.19. The summed E-state index contributed by atoms with van der Waals surface area (Å²) < 4.78 is 3.55. The van der Waals surface area contributed by atoms with E-state index in [2.05, 4.69) is 21.1 Å². The van der Waals surface area contributed by atoms with E-state index in [1.54, 1.807) is 23.7 Å². The first kappa shape index (κ1) is 21.1. The lowest BCUT2D eigenvalue weighted by Gasteiger charge is -2.07. The Balaban J connectivity index is 1.68. The van der Waals surface area contributed by atoms with E-state index in [4.69, 9.17) is 10.4 Å². The van der Waals surface area contributed by atoms with Crippen LogP contribution in [0.3, 0.4) is 0 Å². The summed E-state index contributed by atoms with van der Waals surface area (Å²) in [5.41, 5.74) is 7.45. The maximum Gasteiger partial charge on any atom is 0.163 e. The average Bonchev–Trinajstić information content (AvgIpc) is 3.23. The van der Waals surface area contributed by atoms with Crippen molar-refractivity contribution in [2.75, 3.05) is 0 Å². The first-order valence-electron chi connectivity index (χ1n) is 10.2. The van der Waals surface area contributed by atoms with E-state index in [0.717, 1.165) is 33.9 Å². The quantitative estimate of drug-likeness (QED) is 0.452. The number of nitrogens with zero attached hydrogens (tertiary/aromatic N) is 7. The van der Waals surface area contributed by atoms with Crippen LogP contribution in [0, 0.1) is 32.1 Å². The minimum atomic E-state index is -0.0126. The molecule has 0 fully saturated rings. The van der Waals surface area contributed by atoms with Crippen LogP contribution in [0.2, 0.25) is 0 Å². The number of rotatable bonds is 5. The van der Waals surface area contributed by atoms with Crippen LogP contribution in [0.1, 0.15) is 51.2 Å². The first-order chi connectivity index (χ1) is 15.3. The highest BCUT2D eigenvalue weighted by Crippen LogP contribution is 2.26. The van der Waals surface area contributed by atoms with Gasteiger partial charge in [-0.25, -0.2) is 14.6 Å². The van der Waals surface area contributed by atoms with Gasteiger partial charge in [-0.15, -0.1) is 0 Å². The average molecular weight is 425 g/mol. The molecule has 160 valence electrons. The zero-order valence-corrected chi connectivity index (χ0v) is 18.7. The molecule has 0 atom stereocenters. The highest BCUT2D eigenvalue weighted by Gasteiger charge is 2.19. The smallest absolute Gasteiger partial charge is 0.163 e. The van der Waals surface area contributed by atoms with Gasteiger partial charge in [-0.2, -0.15) is 15.5 Å². The van der Waals surface area contributed by atoms with Gasteiger partial charge in [0.1, 0.15) is 6.33 Å². The number of aryl methyl sites for hydroxylation is 2. The zero-order chi connectivity index (χ0) is 23.0. The first-order valence-corrected chi connectivity index (χ1v) is 10.2. The van der Waals surface area contributed by atoms with Gasteiger partial charge < -0.3 is 0 Å². The van der Waals surface area contributed by atoms with Gasteiger partial charge in [0.2, 0.25) is 0 Å². The van der Waals surface area contributed by atoms with Crippen LogP contribution in [-0.2, 0) is 13.5 Å². The summed E-state index contributed by atoms with van der Waals surface area (Å²) >= 11 is 0. The van der Waals surface area contributed by atoms with Gasteiger partial charge in [-0.05, 0) is 45.4 Å². The Morgan fingerprint density at radius 3 is 2.44 bits per heavy atom. The third kappa shape index (κ3) is 3.69. The third-order valence-corrected chi connectivity index (χ3v) is 5.63. The highest BCUT2D eigenvalue weighted by atomic mass is 16.1. The molecule has 0 saturated heterocycles. The molecule has 32 heavy (non-hydrogen) atoms. The topological polar surface area (TPSA) is 102 Å². The highest BCUT2D eigenvalue weighted by molar-refractivity contribution is 5.96.